The summed E-state index contributed by atoms with van der Waals surface area (Å²) in [7, 11) is 0. The molecular weight excluding hydrogens is 218 g/mol. The number of benzene rings is 1. The lowest BCUT2D eigenvalue weighted by atomic mass is 10.2. The third-order valence-corrected chi connectivity index (χ3v) is 3.36. The Kier molecular flexibility index (Phi) is 2.34. The summed E-state index contributed by atoms with van der Waals surface area (Å²) in [4.78, 5) is 1.34. The summed E-state index contributed by atoms with van der Waals surface area (Å²) in [5.41, 5.74) is 2.20. The third kappa shape index (κ3) is 1.79. The van der Waals surface area contributed by atoms with E-state index in [2.05, 4.69) is 45.2 Å². The van der Waals surface area contributed by atoms with E-state index in [0.29, 0.717) is 0 Å². The van der Waals surface area contributed by atoms with E-state index in [1.165, 1.54) is 4.88 Å². The average Bonchev–Trinajstić information content (AvgIpc) is 2.97. The maximum atomic E-state index is 4.00. The SMILES string of the molecule is c1csc(CNc2ccc3[nH]ncc3c2)c1. The highest BCUT2D eigenvalue weighted by atomic mass is 32.1. The minimum absolute atomic E-state index is 0.876. The molecule has 4 heteroatoms. The Bertz CT molecular complexity index is 583. The van der Waals surface area contributed by atoms with Gasteiger partial charge >= 0.3 is 0 Å². The first kappa shape index (κ1) is 9.42. The van der Waals surface area contributed by atoms with Crippen molar-refractivity contribution in [1.29, 1.82) is 0 Å². The van der Waals surface area contributed by atoms with Gasteiger partial charge in [-0.3, -0.25) is 5.10 Å². The van der Waals surface area contributed by atoms with Crippen molar-refractivity contribution in [3.63, 3.8) is 0 Å². The Morgan fingerprint density at radius 1 is 1.31 bits per heavy atom. The molecule has 0 radical (unpaired) electrons. The lowest BCUT2D eigenvalue weighted by Gasteiger charge is -2.04. The number of nitrogens with zero attached hydrogens (tertiary/aromatic N) is 1. The largest absolute Gasteiger partial charge is 0.380 e. The highest BCUT2D eigenvalue weighted by molar-refractivity contribution is 7.09. The molecule has 16 heavy (non-hydrogen) atoms. The predicted octanol–water partition coefficient (Wildman–Crippen LogP) is 3.24. The highest BCUT2D eigenvalue weighted by Crippen LogP contribution is 2.18. The summed E-state index contributed by atoms with van der Waals surface area (Å²) in [5.74, 6) is 0. The molecule has 2 aromatic heterocycles. The van der Waals surface area contributed by atoms with Crippen LogP contribution in [0.25, 0.3) is 10.9 Å². The summed E-state index contributed by atoms with van der Waals surface area (Å²) in [6, 6.07) is 10.4. The number of hydrogen-bond donors (Lipinski definition) is 2. The smallest absolute Gasteiger partial charge is 0.0651 e. The van der Waals surface area contributed by atoms with Crippen LogP contribution in [0.3, 0.4) is 0 Å². The van der Waals surface area contributed by atoms with Crippen LogP contribution in [0.1, 0.15) is 4.88 Å². The molecule has 1 aromatic carbocycles. The number of rotatable bonds is 3. The van der Waals surface area contributed by atoms with E-state index in [4.69, 9.17) is 0 Å². The molecule has 0 amide bonds. The molecular formula is C12H11N3S. The molecule has 0 saturated heterocycles. The minimum atomic E-state index is 0.876. The number of thiophene rings is 1. The first-order valence-corrected chi connectivity index (χ1v) is 5.99. The van der Waals surface area contributed by atoms with Crippen LogP contribution in [-0.2, 0) is 6.54 Å². The number of aromatic amines is 1. The molecule has 0 bridgehead atoms. The van der Waals surface area contributed by atoms with E-state index in [1.807, 2.05) is 12.3 Å². The summed E-state index contributed by atoms with van der Waals surface area (Å²) in [6.45, 7) is 0.876. The second-order valence-electron chi connectivity index (χ2n) is 3.60. The van der Waals surface area contributed by atoms with E-state index >= 15 is 0 Å². The van der Waals surface area contributed by atoms with Crippen molar-refractivity contribution in [2.24, 2.45) is 0 Å². The van der Waals surface area contributed by atoms with E-state index in [9.17, 15) is 0 Å². The Labute approximate surface area is 97.1 Å². The van der Waals surface area contributed by atoms with Crippen molar-refractivity contribution < 1.29 is 0 Å². The number of nitrogens with one attached hydrogen (secondary N) is 2. The molecule has 3 rings (SSSR count). The van der Waals surface area contributed by atoms with Gasteiger partial charge in [0.1, 0.15) is 0 Å². The van der Waals surface area contributed by atoms with Gasteiger partial charge in [-0.05, 0) is 29.6 Å². The van der Waals surface area contributed by atoms with Gasteiger partial charge in [-0.25, -0.2) is 0 Å². The quantitative estimate of drug-likeness (QED) is 0.724. The molecule has 80 valence electrons. The summed E-state index contributed by atoms with van der Waals surface area (Å²) < 4.78 is 0. The number of hydrogen-bond acceptors (Lipinski definition) is 3. The van der Waals surface area contributed by atoms with E-state index < -0.39 is 0 Å². The van der Waals surface area contributed by atoms with Crippen LogP contribution in [0.5, 0.6) is 0 Å². The van der Waals surface area contributed by atoms with E-state index in [1.54, 1.807) is 11.3 Å². The van der Waals surface area contributed by atoms with Crippen molar-refractivity contribution in [1.82, 2.24) is 10.2 Å². The Balaban J connectivity index is 1.78. The standard InChI is InChI=1S/C12H11N3S/c1-2-11(16-5-1)8-13-10-3-4-12-9(6-10)7-14-15-12/h1-7,13H,8H2,(H,14,15). The fourth-order valence-corrected chi connectivity index (χ4v) is 2.30. The van der Waals surface area contributed by atoms with Crippen LogP contribution in [0.4, 0.5) is 5.69 Å². The van der Waals surface area contributed by atoms with Gasteiger partial charge < -0.3 is 5.32 Å². The normalized spacial score (nSPS) is 10.8. The summed E-state index contributed by atoms with van der Waals surface area (Å²) >= 11 is 1.77. The fourth-order valence-electron chi connectivity index (χ4n) is 1.66. The summed E-state index contributed by atoms with van der Waals surface area (Å²) in [6.07, 6.45) is 1.84. The maximum absolute atomic E-state index is 4.00. The second-order valence-corrected chi connectivity index (χ2v) is 4.64. The van der Waals surface area contributed by atoms with Crippen LogP contribution in [0.15, 0.2) is 41.9 Å². The fraction of sp³-hybridized carbons (Fsp3) is 0.0833. The lowest BCUT2D eigenvalue weighted by Crippen LogP contribution is -1.96. The van der Waals surface area contributed by atoms with Gasteiger partial charge in [0.15, 0.2) is 0 Å². The van der Waals surface area contributed by atoms with Crippen LogP contribution in [0.2, 0.25) is 0 Å². The topological polar surface area (TPSA) is 40.7 Å². The predicted molar refractivity (Wildman–Crippen MR) is 67.7 cm³/mol. The molecule has 3 nitrogen and oxygen atoms in total. The summed E-state index contributed by atoms with van der Waals surface area (Å²) in [5, 5.41) is 13.6. The van der Waals surface area contributed by atoms with E-state index in [0.717, 1.165) is 23.1 Å². The first-order chi connectivity index (χ1) is 7.92. The van der Waals surface area contributed by atoms with E-state index in [-0.39, 0.29) is 0 Å². The Hall–Kier alpha value is -1.81. The molecule has 2 N–H and O–H groups in total. The number of aromatic nitrogens is 2. The number of anilines is 1. The molecule has 0 atom stereocenters. The van der Waals surface area contributed by atoms with Crippen molar-refractivity contribution in [2.45, 2.75) is 6.54 Å². The third-order valence-electron chi connectivity index (χ3n) is 2.49. The Morgan fingerprint density at radius 3 is 3.19 bits per heavy atom. The molecule has 0 saturated carbocycles. The molecule has 0 fully saturated rings. The van der Waals surface area contributed by atoms with Gasteiger partial charge in [-0.1, -0.05) is 6.07 Å². The molecule has 0 aliphatic rings. The zero-order valence-electron chi connectivity index (χ0n) is 8.60. The number of fused-ring (bicyclic) bond motifs is 1. The average molecular weight is 229 g/mol. The van der Waals surface area contributed by atoms with Crippen molar-refractivity contribution in [3.8, 4) is 0 Å². The highest BCUT2D eigenvalue weighted by Gasteiger charge is 1.98. The molecule has 2 heterocycles. The minimum Gasteiger partial charge on any atom is -0.380 e. The van der Waals surface area contributed by atoms with Crippen LogP contribution in [0, 0.1) is 0 Å². The zero-order chi connectivity index (χ0) is 10.8. The molecule has 3 aromatic rings. The first-order valence-electron chi connectivity index (χ1n) is 5.11. The van der Waals surface area contributed by atoms with Gasteiger partial charge in [0.2, 0.25) is 0 Å². The lowest BCUT2D eigenvalue weighted by molar-refractivity contribution is 1.12. The second kappa shape index (κ2) is 3.98. The molecule has 0 aliphatic carbocycles. The van der Waals surface area contributed by atoms with Crippen LogP contribution >= 0.6 is 11.3 Å². The number of H-pyrrole nitrogens is 1. The van der Waals surface area contributed by atoms with Crippen LogP contribution in [-0.4, -0.2) is 10.2 Å². The van der Waals surface area contributed by atoms with Gasteiger partial charge in [0.05, 0.1) is 11.7 Å². The molecule has 0 aliphatic heterocycles. The van der Waals surface area contributed by atoms with Crippen molar-refractivity contribution >= 4 is 27.9 Å². The van der Waals surface area contributed by atoms with Crippen molar-refractivity contribution in [2.75, 3.05) is 5.32 Å². The van der Waals surface area contributed by atoms with Gasteiger partial charge in [0.25, 0.3) is 0 Å². The van der Waals surface area contributed by atoms with Crippen LogP contribution < -0.4 is 5.32 Å². The van der Waals surface area contributed by atoms with Crippen molar-refractivity contribution in [3.05, 3.63) is 46.8 Å². The zero-order valence-corrected chi connectivity index (χ0v) is 9.42. The molecule has 0 spiro atoms. The van der Waals surface area contributed by atoms with Gasteiger partial charge in [-0.15, -0.1) is 11.3 Å². The Morgan fingerprint density at radius 2 is 2.31 bits per heavy atom. The van der Waals surface area contributed by atoms with Gasteiger partial charge in [-0.2, -0.15) is 5.10 Å². The van der Waals surface area contributed by atoms with Gasteiger partial charge in [0, 0.05) is 22.5 Å². The maximum Gasteiger partial charge on any atom is 0.0651 e. The monoisotopic (exact) mass is 229 g/mol. The molecule has 0 unspecified atom stereocenters.